The van der Waals surface area contributed by atoms with Crippen LogP contribution >= 0.6 is 15.9 Å². The molecule has 1 N–H and O–H groups in total. The molecule has 1 aromatic heterocycles. The molecule has 1 radical (unpaired) electrons. The predicted octanol–water partition coefficient (Wildman–Crippen LogP) is 1.47. The van der Waals surface area contributed by atoms with E-state index in [9.17, 15) is 4.79 Å². The van der Waals surface area contributed by atoms with Gasteiger partial charge in [-0.3, -0.25) is 0 Å². The van der Waals surface area contributed by atoms with Crippen LogP contribution in [0, 0.1) is 6.92 Å². The van der Waals surface area contributed by atoms with E-state index in [4.69, 9.17) is 5.11 Å². The van der Waals surface area contributed by atoms with Gasteiger partial charge in [0.25, 0.3) is 0 Å². The molecule has 0 fully saturated rings. The van der Waals surface area contributed by atoms with Gasteiger partial charge in [-0.05, 0) is 34.5 Å². The summed E-state index contributed by atoms with van der Waals surface area (Å²) in [6, 6.07) is 1.52. The molecule has 1 rings (SSSR count). The number of pyridine rings is 1. The van der Waals surface area contributed by atoms with Crippen molar-refractivity contribution in [2.24, 2.45) is 0 Å². The molecule has 0 aliphatic heterocycles. The van der Waals surface area contributed by atoms with Crippen molar-refractivity contribution < 1.29 is 9.90 Å². The van der Waals surface area contributed by atoms with E-state index in [-0.39, 0.29) is 57.1 Å². The number of carboxylic acids is 1. The van der Waals surface area contributed by atoms with Crippen molar-refractivity contribution in [3.63, 3.8) is 0 Å². The molecule has 0 spiro atoms. The molecule has 0 atom stereocenters. The molecule has 0 saturated heterocycles. The largest absolute Gasteiger partial charge is 0.477 e. The Morgan fingerprint density at radius 3 is 2.67 bits per heavy atom. The van der Waals surface area contributed by atoms with Crippen LogP contribution in [0.3, 0.4) is 0 Å². The van der Waals surface area contributed by atoms with Gasteiger partial charge in [0.2, 0.25) is 0 Å². The first-order valence-corrected chi connectivity index (χ1v) is 3.76. The second kappa shape index (κ2) is 5.46. The van der Waals surface area contributed by atoms with Gasteiger partial charge in [-0.25, -0.2) is 9.78 Å². The van der Waals surface area contributed by atoms with E-state index in [0.29, 0.717) is 0 Å². The second-order valence-electron chi connectivity index (χ2n) is 2.12. The number of hydrogen-bond acceptors (Lipinski definition) is 2. The molecule has 0 unspecified atom stereocenters. The number of aromatic carboxylic acids is 1. The topological polar surface area (TPSA) is 50.2 Å². The van der Waals surface area contributed by atoms with Crippen molar-refractivity contribution in [3.8, 4) is 0 Å². The van der Waals surface area contributed by atoms with Crippen molar-refractivity contribution in [2.75, 3.05) is 0 Å². The number of aromatic nitrogens is 1. The summed E-state index contributed by atoms with van der Waals surface area (Å²) >= 11 is 3.22. The summed E-state index contributed by atoms with van der Waals surface area (Å²) in [4.78, 5) is 14.1. The molecule has 0 aromatic carbocycles. The molecule has 0 aliphatic carbocycles. The zero-order valence-corrected chi connectivity index (χ0v) is 11.5. The number of carbonyl (C=O) groups is 1. The molecule has 3 nitrogen and oxygen atoms in total. The van der Waals surface area contributed by atoms with Gasteiger partial charge in [-0.15, -0.1) is 0 Å². The maximum Gasteiger partial charge on any atom is 0.354 e. The molecule has 12 heavy (non-hydrogen) atoms. The van der Waals surface area contributed by atoms with Gasteiger partial charge >= 0.3 is 5.97 Å². The minimum absolute atomic E-state index is 0. The van der Waals surface area contributed by atoms with Crippen molar-refractivity contribution in [2.45, 2.75) is 6.92 Å². The number of nitrogens with zero attached hydrogens (tertiary/aromatic N) is 1. The summed E-state index contributed by atoms with van der Waals surface area (Å²) in [6.07, 6.45) is 1.48. The van der Waals surface area contributed by atoms with Gasteiger partial charge in [-0.1, -0.05) is 0 Å². The standard InChI is InChI=1S/C7H6BrNO2.K/c1-4-2-6(7(10)11)9-3-5(4)8;/h2-3H,1H3,(H,10,11);. The third kappa shape index (κ3) is 3.24. The van der Waals surface area contributed by atoms with Crippen molar-refractivity contribution in [1.82, 2.24) is 4.98 Å². The minimum Gasteiger partial charge on any atom is -0.477 e. The summed E-state index contributed by atoms with van der Waals surface area (Å²) in [6.45, 7) is 1.82. The molecule has 1 aromatic rings. The Kier molecular flexibility index (Phi) is 5.80. The Labute approximate surface area is 121 Å². The minimum atomic E-state index is -0.999. The normalized spacial score (nSPS) is 8.83. The number of rotatable bonds is 1. The van der Waals surface area contributed by atoms with Crippen molar-refractivity contribution >= 4 is 73.3 Å². The first-order valence-electron chi connectivity index (χ1n) is 2.96. The number of carboxylic acid groups (broad SMARTS) is 1. The summed E-state index contributed by atoms with van der Waals surface area (Å²) in [5, 5.41) is 8.52. The molecule has 59 valence electrons. The van der Waals surface area contributed by atoms with Crippen molar-refractivity contribution in [1.29, 1.82) is 0 Å². The van der Waals surface area contributed by atoms with E-state index in [0.717, 1.165) is 10.0 Å². The van der Waals surface area contributed by atoms with Crippen LogP contribution in [0.25, 0.3) is 0 Å². The van der Waals surface area contributed by atoms with E-state index in [1.165, 1.54) is 12.3 Å². The van der Waals surface area contributed by atoms with E-state index >= 15 is 0 Å². The molecule has 5 heteroatoms. The van der Waals surface area contributed by atoms with Gasteiger partial charge in [-0.2, -0.15) is 0 Å². The molecule has 0 saturated carbocycles. The summed E-state index contributed by atoms with van der Waals surface area (Å²) in [7, 11) is 0. The predicted molar refractivity (Wildman–Crippen MR) is 49.4 cm³/mol. The fourth-order valence-corrected chi connectivity index (χ4v) is 0.873. The quantitative estimate of drug-likeness (QED) is 0.773. The van der Waals surface area contributed by atoms with E-state index < -0.39 is 5.97 Å². The van der Waals surface area contributed by atoms with Crippen LogP contribution < -0.4 is 0 Å². The molecular weight excluding hydrogens is 249 g/mol. The molecular formula is C7H6BrKNO2. The Hall–Kier alpha value is 0.736. The van der Waals surface area contributed by atoms with E-state index in [1.54, 1.807) is 0 Å². The van der Waals surface area contributed by atoms with Crippen LogP contribution in [0.4, 0.5) is 0 Å². The maximum atomic E-state index is 10.4. The third-order valence-electron chi connectivity index (χ3n) is 1.27. The smallest absolute Gasteiger partial charge is 0.354 e. The van der Waals surface area contributed by atoms with Crippen LogP contribution in [0.1, 0.15) is 16.1 Å². The number of aryl methyl sites for hydroxylation is 1. The molecule has 0 aliphatic rings. The van der Waals surface area contributed by atoms with E-state index in [2.05, 4.69) is 20.9 Å². The van der Waals surface area contributed by atoms with Gasteiger partial charge in [0.15, 0.2) is 0 Å². The first-order chi connectivity index (χ1) is 5.11. The summed E-state index contributed by atoms with van der Waals surface area (Å²) in [5.74, 6) is -0.999. The van der Waals surface area contributed by atoms with Gasteiger partial charge in [0.1, 0.15) is 5.69 Å². The number of hydrogen-bond donors (Lipinski definition) is 1. The molecule has 0 amide bonds. The summed E-state index contributed by atoms with van der Waals surface area (Å²) < 4.78 is 0.822. The molecule has 1 heterocycles. The third-order valence-corrected chi connectivity index (χ3v) is 2.10. The van der Waals surface area contributed by atoms with Crippen LogP contribution in [-0.4, -0.2) is 67.4 Å². The Morgan fingerprint density at radius 1 is 1.67 bits per heavy atom. The zero-order chi connectivity index (χ0) is 8.43. The van der Waals surface area contributed by atoms with E-state index in [1.807, 2.05) is 6.92 Å². The Morgan fingerprint density at radius 2 is 2.25 bits per heavy atom. The zero-order valence-electron chi connectivity index (χ0n) is 6.84. The fourth-order valence-electron chi connectivity index (χ4n) is 0.656. The molecule has 0 bridgehead atoms. The van der Waals surface area contributed by atoms with Crippen LogP contribution in [-0.2, 0) is 0 Å². The van der Waals surface area contributed by atoms with Gasteiger partial charge in [0, 0.05) is 62.1 Å². The van der Waals surface area contributed by atoms with Gasteiger partial charge < -0.3 is 5.11 Å². The fraction of sp³-hybridized carbons (Fsp3) is 0.143. The average molecular weight is 255 g/mol. The average Bonchev–Trinajstić information content (AvgIpc) is 1.94. The Bertz CT molecular complexity index is 303. The van der Waals surface area contributed by atoms with Crippen LogP contribution in [0.2, 0.25) is 0 Å². The Balaban J connectivity index is 0.00000121. The van der Waals surface area contributed by atoms with Crippen molar-refractivity contribution in [3.05, 3.63) is 28.0 Å². The van der Waals surface area contributed by atoms with Crippen LogP contribution in [0.5, 0.6) is 0 Å². The van der Waals surface area contributed by atoms with Gasteiger partial charge in [0.05, 0.1) is 0 Å². The summed E-state index contributed by atoms with van der Waals surface area (Å²) in [5.41, 5.74) is 0.947. The van der Waals surface area contributed by atoms with Crippen LogP contribution in [0.15, 0.2) is 16.7 Å². The second-order valence-corrected chi connectivity index (χ2v) is 2.98. The number of halogens is 1. The SMILES string of the molecule is Cc1cc(C(=O)O)ncc1Br.[K]. The maximum absolute atomic E-state index is 10.4. The monoisotopic (exact) mass is 254 g/mol. The first kappa shape index (κ1) is 12.7.